The summed E-state index contributed by atoms with van der Waals surface area (Å²) in [7, 11) is 0. The summed E-state index contributed by atoms with van der Waals surface area (Å²) < 4.78 is 5.14. The van der Waals surface area contributed by atoms with E-state index >= 15 is 0 Å². The van der Waals surface area contributed by atoms with Gasteiger partial charge in [0.2, 0.25) is 11.8 Å². The highest BCUT2D eigenvalue weighted by molar-refractivity contribution is 5.99. The zero-order valence-corrected chi connectivity index (χ0v) is 20.4. The fraction of sp³-hybridized carbons (Fsp3) is 0.615. The van der Waals surface area contributed by atoms with Crippen LogP contribution in [0.15, 0.2) is 30.3 Å². The molecule has 2 fully saturated rings. The van der Waals surface area contributed by atoms with E-state index in [1.54, 1.807) is 12.1 Å². The Kier molecular flexibility index (Phi) is 9.15. The Bertz CT molecular complexity index is 906. The van der Waals surface area contributed by atoms with Crippen molar-refractivity contribution in [2.45, 2.75) is 63.6 Å². The van der Waals surface area contributed by atoms with Crippen molar-refractivity contribution in [2.75, 3.05) is 19.8 Å². The van der Waals surface area contributed by atoms with Crippen LogP contribution in [0.4, 0.5) is 0 Å². The van der Waals surface area contributed by atoms with Crippen LogP contribution in [0, 0.1) is 17.8 Å². The maximum absolute atomic E-state index is 12.8. The van der Waals surface area contributed by atoms with Crippen molar-refractivity contribution in [3.8, 4) is 0 Å². The third-order valence-corrected chi connectivity index (χ3v) is 6.88. The van der Waals surface area contributed by atoms with Crippen molar-refractivity contribution in [3.63, 3.8) is 0 Å². The van der Waals surface area contributed by atoms with Gasteiger partial charge in [-0.15, -0.1) is 0 Å². The van der Waals surface area contributed by atoms with E-state index in [9.17, 15) is 29.4 Å². The number of ether oxygens (including phenoxy) is 1. The minimum absolute atomic E-state index is 0.0784. The number of nitrogens with one attached hydrogen (secondary N) is 2. The molecule has 9 nitrogen and oxygen atoms in total. The molecular weight excluding hydrogens is 452 g/mol. The molecule has 4 N–H and O–H groups in total. The molecule has 1 aromatic carbocycles. The molecule has 0 bridgehead atoms. The van der Waals surface area contributed by atoms with Crippen molar-refractivity contribution >= 4 is 23.4 Å². The van der Waals surface area contributed by atoms with Crippen molar-refractivity contribution < 1.29 is 34.1 Å². The van der Waals surface area contributed by atoms with Crippen LogP contribution in [0.1, 0.15) is 56.3 Å². The van der Waals surface area contributed by atoms with Gasteiger partial charge in [-0.3, -0.25) is 19.2 Å². The number of Topliss-reactive ketones (excluding diaryl/α,β-unsaturated/α-hetero) is 2. The predicted molar refractivity (Wildman–Crippen MR) is 127 cm³/mol. The first-order valence-corrected chi connectivity index (χ1v) is 12.3. The molecule has 1 aliphatic heterocycles. The smallest absolute Gasteiger partial charge is 0.245 e. The summed E-state index contributed by atoms with van der Waals surface area (Å²) in [6, 6.07) is 6.99. The average molecular weight is 489 g/mol. The Balaban J connectivity index is 1.54. The lowest BCUT2D eigenvalue weighted by molar-refractivity contribution is -0.135. The van der Waals surface area contributed by atoms with Gasteiger partial charge >= 0.3 is 0 Å². The molecule has 1 saturated heterocycles. The van der Waals surface area contributed by atoms with Gasteiger partial charge in [-0.1, -0.05) is 44.2 Å². The Morgan fingerprint density at radius 1 is 0.971 bits per heavy atom. The van der Waals surface area contributed by atoms with Gasteiger partial charge in [0.1, 0.15) is 6.04 Å². The predicted octanol–water partition coefficient (Wildman–Crippen LogP) is 1.01. The monoisotopic (exact) mass is 488 g/mol. The maximum Gasteiger partial charge on any atom is 0.245 e. The highest BCUT2D eigenvalue weighted by atomic mass is 16.6. The molecule has 2 aliphatic rings. The standard InChI is InChI=1S/C26H36N2O7/c1-16(2)12-20(23(32)26(14-30)15-35-26)27-25(34)21(13-29)28-24(33)19-10-8-18(9-11-19)22(31)17-6-4-3-5-7-17/h3-7,16,18-21,29-30H,8-15H2,1-2H3,(H,27,34)(H,28,33). The quantitative estimate of drug-likeness (QED) is 0.254. The van der Waals surface area contributed by atoms with E-state index in [0.717, 1.165) is 0 Å². The maximum atomic E-state index is 12.8. The largest absolute Gasteiger partial charge is 0.394 e. The van der Waals surface area contributed by atoms with Gasteiger partial charge < -0.3 is 25.6 Å². The van der Waals surface area contributed by atoms with Crippen LogP contribution in [0.2, 0.25) is 0 Å². The fourth-order valence-corrected chi connectivity index (χ4v) is 4.63. The molecule has 1 aliphatic carbocycles. The molecule has 3 rings (SSSR count). The van der Waals surface area contributed by atoms with Crippen LogP contribution >= 0.6 is 0 Å². The topological polar surface area (TPSA) is 145 Å². The summed E-state index contributed by atoms with van der Waals surface area (Å²) >= 11 is 0. The van der Waals surface area contributed by atoms with Crippen LogP contribution in [0.5, 0.6) is 0 Å². The van der Waals surface area contributed by atoms with Crippen molar-refractivity contribution in [1.29, 1.82) is 0 Å². The number of benzene rings is 1. The second kappa shape index (κ2) is 11.9. The third-order valence-electron chi connectivity index (χ3n) is 6.88. The lowest BCUT2D eigenvalue weighted by Crippen LogP contribution is -2.56. The number of aliphatic hydroxyl groups is 2. The summed E-state index contributed by atoms with van der Waals surface area (Å²) in [6.45, 7) is 2.81. The van der Waals surface area contributed by atoms with E-state index in [-0.39, 0.29) is 36.1 Å². The summed E-state index contributed by atoms with van der Waals surface area (Å²) in [5, 5.41) is 24.5. The molecule has 1 saturated carbocycles. The van der Waals surface area contributed by atoms with Crippen molar-refractivity contribution in [3.05, 3.63) is 35.9 Å². The SMILES string of the molecule is CC(C)CC(NC(=O)C(CO)NC(=O)C1CCC(C(=O)c2ccccc2)CC1)C(=O)C1(CO)CO1. The number of aliphatic hydroxyl groups excluding tert-OH is 2. The zero-order valence-electron chi connectivity index (χ0n) is 20.4. The second-order valence-electron chi connectivity index (χ2n) is 10.0. The Morgan fingerprint density at radius 2 is 1.57 bits per heavy atom. The zero-order chi connectivity index (χ0) is 25.6. The van der Waals surface area contributed by atoms with Gasteiger partial charge in [-0.05, 0) is 38.0 Å². The van der Waals surface area contributed by atoms with E-state index in [4.69, 9.17) is 4.74 Å². The number of ketones is 2. The number of carbonyl (C=O) groups excluding carboxylic acids is 4. The molecule has 3 unspecified atom stereocenters. The number of amides is 2. The van der Waals surface area contributed by atoms with Gasteiger partial charge in [0, 0.05) is 17.4 Å². The number of hydrogen-bond donors (Lipinski definition) is 4. The number of rotatable bonds is 12. The lowest BCUT2D eigenvalue weighted by Gasteiger charge is -2.29. The molecular formula is C26H36N2O7. The molecule has 1 aromatic rings. The molecule has 3 atom stereocenters. The van der Waals surface area contributed by atoms with Crippen LogP contribution in [-0.2, 0) is 19.1 Å². The Hall–Kier alpha value is -2.62. The van der Waals surface area contributed by atoms with Gasteiger partial charge in [-0.2, -0.15) is 0 Å². The molecule has 0 aromatic heterocycles. The highest BCUT2D eigenvalue weighted by Gasteiger charge is 2.54. The van der Waals surface area contributed by atoms with E-state index in [2.05, 4.69) is 10.6 Å². The Morgan fingerprint density at radius 3 is 2.09 bits per heavy atom. The number of carbonyl (C=O) groups is 4. The molecule has 0 radical (unpaired) electrons. The highest BCUT2D eigenvalue weighted by Crippen LogP contribution is 2.32. The van der Waals surface area contributed by atoms with Gasteiger partial charge in [0.05, 0.1) is 25.9 Å². The summed E-state index contributed by atoms with van der Waals surface area (Å²) in [5.41, 5.74) is -0.608. The molecule has 2 amide bonds. The first kappa shape index (κ1) is 27.0. The van der Waals surface area contributed by atoms with Crippen molar-refractivity contribution in [1.82, 2.24) is 10.6 Å². The fourth-order valence-electron chi connectivity index (χ4n) is 4.63. The molecule has 35 heavy (non-hydrogen) atoms. The first-order chi connectivity index (χ1) is 16.7. The van der Waals surface area contributed by atoms with Crippen LogP contribution < -0.4 is 10.6 Å². The normalized spacial score (nSPS) is 25.4. The second-order valence-corrected chi connectivity index (χ2v) is 10.0. The van der Waals surface area contributed by atoms with Crippen LogP contribution in [0.25, 0.3) is 0 Å². The summed E-state index contributed by atoms with van der Waals surface area (Å²) in [5.74, 6) is -1.76. The number of epoxide rings is 1. The molecule has 0 spiro atoms. The van der Waals surface area contributed by atoms with E-state index < -0.39 is 42.6 Å². The van der Waals surface area contributed by atoms with E-state index in [1.165, 1.54) is 0 Å². The molecule has 9 heteroatoms. The minimum atomic E-state index is -1.28. The minimum Gasteiger partial charge on any atom is -0.394 e. The molecule has 1 heterocycles. The first-order valence-electron chi connectivity index (χ1n) is 12.3. The van der Waals surface area contributed by atoms with E-state index in [0.29, 0.717) is 37.7 Å². The molecule has 192 valence electrons. The van der Waals surface area contributed by atoms with Gasteiger partial charge in [0.15, 0.2) is 17.2 Å². The summed E-state index contributed by atoms with van der Waals surface area (Å²) in [4.78, 5) is 51.2. The van der Waals surface area contributed by atoms with E-state index in [1.807, 2.05) is 32.0 Å². The van der Waals surface area contributed by atoms with Gasteiger partial charge in [-0.25, -0.2) is 0 Å². The Labute approximate surface area is 205 Å². The van der Waals surface area contributed by atoms with Gasteiger partial charge in [0.25, 0.3) is 0 Å². The number of hydrogen-bond acceptors (Lipinski definition) is 7. The summed E-state index contributed by atoms with van der Waals surface area (Å²) in [6.07, 6.45) is 2.52. The third kappa shape index (κ3) is 6.74. The van der Waals surface area contributed by atoms with Crippen LogP contribution in [-0.4, -0.2) is 71.1 Å². The lowest BCUT2D eigenvalue weighted by atomic mass is 9.78. The van der Waals surface area contributed by atoms with Crippen molar-refractivity contribution in [2.24, 2.45) is 17.8 Å². The average Bonchev–Trinajstić information content (AvgIpc) is 3.67. The van der Waals surface area contributed by atoms with Crippen LogP contribution in [0.3, 0.4) is 0 Å².